The molecule has 3 aromatic heterocycles. The second kappa shape index (κ2) is 8.19. The van der Waals surface area contributed by atoms with Gasteiger partial charge in [-0.3, -0.25) is 9.97 Å². The fourth-order valence-corrected chi connectivity index (χ4v) is 3.50. The Balaban J connectivity index is 1.82. The van der Waals surface area contributed by atoms with Crippen molar-refractivity contribution in [3.05, 3.63) is 102 Å². The summed E-state index contributed by atoms with van der Waals surface area (Å²) in [5.74, 6) is 0. The van der Waals surface area contributed by atoms with Crippen molar-refractivity contribution in [2.75, 3.05) is 4.90 Å². The van der Waals surface area contributed by atoms with Crippen LogP contribution in [-0.4, -0.2) is 15.0 Å². The Kier molecular flexibility index (Phi) is 5.31. The van der Waals surface area contributed by atoms with E-state index in [0.29, 0.717) is 5.15 Å². The van der Waals surface area contributed by atoms with E-state index in [4.69, 9.17) is 11.6 Å². The van der Waals surface area contributed by atoms with E-state index in [1.54, 1.807) is 12.4 Å². The first-order valence-electron chi connectivity index (χ1n) is 9.04. The van der Waals surface area contributed by atoms with Crippen LogP contribution in [0.3, 0.4) is 0 Å². The second-order valence-corrected chi connectivity index (χ2v) is 6.81. The van der Waals surface area contributed by atoms with E-state index in [0.717, 1.165) is 22.5 Å². The number of hydrogen-bond acceptors (Lipinski definition) is 4. The Labute approximate surface area is 169 Å². The molecule has 0 aliphatic rings. The second-order valence-electron chi connectivity index (χ2n) is 6.43. The van der Waals surface area contributed by atoms with Gasteiger partial charge in [0.1, 0.15) is 5.15 Å². The molecule has 0 N–H and O–H groups in total. The number of halogens is 1. The lowest BCUT2D eigenvalue weighted by Gasteiger charge is -2.32. The molecule has 0 saturated carbocycles. The summed E-state index contributed by atoms with van der Waals surface area (Å²) in [7, 11) is 0. The molecule has 5 heteroatoms. The van der Waals surface area contributed by atoms with Crippen LogP contribution in [-0.2, 0) is 0 Å². The van der Waals surface area contributed by atoms with Crippen molar-refractivity contribution in [1.29, 1.82) is 0 Å². The summed E-state index contributed by atoms with van der Waals surface area (Å²) in [6.07, 6.45) is 9.12. The van der Waals surface area contributed by atoms with E-state index in [2.05, 4.69) is 57.1 Å². The fraction of sp³-hybridized carbons (Fsp3) is 0.0870. The molecule has 0 aliphatic carbocycles. The van der Waals surface area contributed by atoms with Gasteiger partial charge in [0.2, 0.25) is 0 Å². The van der Waals surface area contributed by atoms with Gasteiger partial charge >= 0.3 is 0 Å². The zero-order valence-electron chi connectivity index (χ0n) is 15.4. The third-order valence-electron chi connectivity index (χ3n) is 4.68. The van der Waals surface area contributed by atoms with Crippen LogP contribution in [0, 0.1) is 0 Å². The van der Waals surface area contributed by atoms with E-state index in [-0.39, 0.29) is 6.04 Å². The van der Waals surface area contributed by atoms with E-state index in [1.165, 1.54) is 5.56 Å². The number of aromatic nitrogens is 3. The van der Waals surface area contributed by atoms with Crippen molar-refractivity contribution in [3.8, 4) is 11.1 Å². The Hall–Kier alpha value is -3.24. The van der Waals surface area contributed by atoms with E-state index in [9.17, 15) is 0 Å². The summed E-state index contributed by atoms with van der Waals surface area (Å²) < 4.78 is 0. The van der Waals surface area contributed by atoms with E-state index in [1.807, 2.05) is 48.9 Å². The maximum absolute atomic E-state index is 5.98. The Morgan fingerprint density at radius 1 is 0.786 bits per heavy atom. The highest BCUT2D eigenvalue weighted by molar-refractivity contribution is 6.29. The Morgan fingerprint density at radius 3 is 2.04 bits per heavy atom. The van der Waals surface area contributed by atoms with Gasteiger partial charge in [-0.2, -0.15) is 0 Å². The van der Waals surface area contributed by atoms with Crippen LogP contribution in [0.2, 0.25) is 5.15 Å². The number of anilines is 2. The summed E-state index contributed by atoms with van der Waals surface area (Å²) in [6, 6.07) is 20.2. The first-order valence-corrected chi connectivity index (χ1v) is 9.42. The van der Waals surface area contributed by atoms with E-state index < -0.39 is 0 Å². The Morgan fingerprint density at radius 2 is 1.46 bits per heavy atom. The zero-order valence-corrected chi connectivity index (χ0v) is 16.2. The first kappa shape index (κ1) is 18.1. The lowest BCUT2D eigenvalue weighted by atomic mass is 9.95. The molecule has 1 atom stereocenters. The summed E-state index contributed by atoms with van der Waals surface area (Å²) in [5.41, 5.74) is 5.35. The van der Waals surface area contributed by atoms with Gasteiger partial charge in [-0.15, -0.1) is 0 Å². The minimum atomic E-state index is 0.0419. The molecule has 0 aliphatic heterocycles. The van der Waals surface area contributed by atoms with Gasteiger partial charge in [0.25, 0.3) is 0 Å². The van der Waals surface area contributed by atoms with Gasteiger partial charge in [-0.1, -0.05) is 35.9 Å². The van der Waals surface area contributed by atoms with Crippen molar-refractivity contribution in [3.63, 3.8) is 0 Å². The van der Waals surface area contributed by atoms with Gasteiger partial charge in [-0.05, 0) is 54.4 Å². The van der Waals surface area contributed by atoms with Gasteiger partial charge in [0.15, 0.2) is 0 Å². The van der Waals surface area contributed by atoms with Crippen molar-refractivity contribution in [1.82, 2.24) is 15.0 Å². The topological polar surface area (TPSA) is 41.9 Å². The summed E-state index contributed by atoms with van der Waals surface area (Å²) in [5, 5.41) is 0.488. The van der Waals surface area contributed by atoms with Crippen LogP contribution >= 0.6 is 11.6 Å². The van der Waals surface area contributed by atoms with Gasteiger partial charge in [-0.25, -0.2) is 4.98 Å². The molecule has 28 heavy (non-hydrogen) atoms. The average Bonchev–Trinajstić information content (AvgIpc) is 2.76. The molecule has 0 amide bonds. The third kappa shape index (κ3) is 3.73. The standard InChI is InChI=1S/C23H19ClN4/c1-17(21-8-2-3-9-22(21)18-10-11-23(24)27-14-18)28(19-6-4-12-25-15-19)20-7-5-13-26-16-20/h2-17H,1H3. The van der Waals surface area contributed by atoms with E-state index >= 15 is 0 Å². The smallest absolute Gasteiger partial charge is 0.129 e. The lowest BCUT2D eigenvalue weighted by molar-refractivity contribution is 0.772. The predicted octanol–water partition coefficient (Wildman–Crippen LogP) is 6.09. The number of benzene rings is 1. The molecular formula is C23H19ClN4. The molecule has 4 aromatic rings. The van der Waals surface area contributed by atoms with Gasteiger partial charge in [0, 0.05) is 24.2 Å². The molecule has 0 spiro atoms. The largest absolute Gasteiger partial charge is 0.332 e. The summed E-state index contributed by atoms with van der Waals surface area (Å²) in [6.45, 7) is 2.18. The van der Waals surface area contributed by atoms with Crippen molar-refractivity contribution in [2.45, 2.75) is 13.0 Å². The Bertz CT molecular complexity index is 997. The normalized spacial score (nSPS) is 11.8. The molecule has 0 saturated heterocycles. The molecule has 4 rings (SSSR count). The number of pyridine rings is 3. The lowest BCUT2D eigenvalue weighted by Crippen LogP contribution is -2.22. The molecule has 138 valence electrons. The van der Waals surface area contributed by atoms with Crippen LogP contribution in [0.1, 0.15) is 18.5 Å². The molecule has 1 aromatic carbocycles. The zero-order chi connectivity index (χ0) is 19.3. The molecule has 0 bridgehead atoms. The first-order chi connectivity index (χ1) is 13.7. The van der Waals surface area contributed by atoms with Crippen LogP contribution in [0.25, 0.3) is 11.1 Å². The summed E-state index contributed by atoms with van der Waals surface area (Å²) >= 11 is 5.98. The highest BCUT2D eigenvalue weighted by Crippen LogP contribution is 2.38. The van der Waals surface area contributed by atoms with Crippen molar-refractivity contribution < 1.29 is 0 Å². The fourth-order valence-electron chi connectivity index (χ4n) is 3.39. The quantitative estimate of drug-likeness (QED) is 0.389. The SMILES string of the molecule is CC(c1ccccc1-c1ccc(Cl)nc1)N(c1cccnc1)c1cccnc1. The van der Waals surface area contributed by atoms with Crippen molar-refractivity contribution >= 4 is 23.0 Å². The molecule has 4 nitrogen and oxygen atoms in total. The molecule has 0 radical (unpaired) electrons. The minimum Gasteiger partial charge on any atom is -0.332 e. The monoisotopic (exact) mass is 386 g/mol. The summed E-state index contributed by atoms with van der Waals surface area (Å²) in [4.78, 5) is 15.1. The van der Waals surface area contributed by atoms with Crippen LogP contribution in [0.5, 0.6) is 0 Å². The van der Waals surface area contributed by atoms with Crippen LogP contribution in [0.4, 0.5) is 11.4 Å². The maximum atomic E-state index is 5.98. The number of nitrogens with zero attached hydrogens (tertiary/aromatic N) is 4. The third-order valence-corrected chi connectivity index (χ3v) is 4.91. The van der Waals surface area contributed by atoms with Crippen LogP contribution in [0.15, 0.2) is 91.6 Å². The number of rotatable bonds is 5. The number of hydrogen-bond donors (Lipinski definition) is 0. The molecule has 3 heterocycles. The molecular weight excluding hydrogens is 368 g/mol. The average molecular weight is 387 g/mol. The highest BCUT2D eigenvalue weighted by atomic mass is 35.5. The molecule has 1 unspecified atom stereocenters. The predicted molar refractivity (Wildman–Crippen MR) is 114 cm³/mol. The maximum Gasteiger partial charge on any atom is 0.129 e. The minimum absolute atomic E-state index is 0.0419. The van der Waals surface area contributed by atoms with Gasteiger partial charge < -0.3 is 4.90 Å². The highest BCUT2D eigenvalue weighted by Gasteiger charge is 2.21. The van der Waals surface area contributed by atoms with Crippen LogP contribution < -0.4 is 4.90 Å². The van der Waals surface area contributed by atoms with Crippen molar-refractivity contribution in [2.24, 2.45) is 0 Å². The van der Waals surface area contributed by atoms with Gasteiger partial charge in [0.05, 0.1) is 29.8 Å². The molecule has 0 fully saturated rings.